The Hall–Kier alpha value is -3.03. The first-order chi connectivity index (χ1) is 21.7. The van der Waals surface area contributed by atoms with Crippen LogP contribution in [0, 0.1) is 6.92 Å². The average Bonchev–Trinajstić information content (AvgIpc) is 3.04. The van der Waals surface area contributed by atoms with Gasteiger partial charge in [0.2, 0.25) is 0 Å². The molecule has 0 saturated carbocycles. The van der Waals surface area contributed by atoms with E-state index in [9.17, 15) is 4.79 Å². The van der Waals surface area contributed by atoms with Crippen molar-refractivity contribution in [1.82, 2.24) is 10.2 Å². The van der Waals surface area contributed by atoms with Crippen molar-refractivity contribution >= 4 is 34.9 Å². The standard InChI is InChI=1S/C35H44Cl2N2O4.C2H6/c1-6-30(15-11-26(3)36)43-35(40)39-21-18-32(33-24-29(37)14-10-25(33)2)27(4)34(39)28-12-16-31(17-13-28)42-23-8-7-19-38-20-9-22-41-5;1-2/h6,10-17,24,34,38H,3,7-9,18-23H2,1-2,4-5H3;1-2H3/b15-11-,30-6+;. The van der Waals surface area contributed by atoms with Crippen molar-refractivity contribution in [1.29, 1.82) is 0 Å². The van der Waals surface area contributed by atoms with Crippen molar-refractivity contribution in [2.45, 2.75) is 66.3 Å². The Morgan fingerprint density at radius 1 is 1.04 bits per heavy atom. The zero-order valence-corrected chi connectivity index (χ0v) is 29.3. The van der Waals surface area contributed by atoms with Gasteiger partial charge in [-0.15, -0.1) is 0 Å². The highest BCUT2D eigenvalue weighted by Crippen LogP contribution is 2.41. The molecule has 246 valence electrons. The van der Waals surface area contributed by atoms with Gasteiger partial charge in [-0.2, -0.15) is 0 Å². The van der Waals surface area contributed by atoms with Crippen LogP contribution >= 0.6 is 23.2 Å². The molecule has 2 aromatic rings. The predicted octanol–water partition coefficient (Wildman–Crippen LogP) is 10.0. The number of nitrogens with zero attached hydrogens (tertiary/aromatic N) is 1. The number of benzene rings is 2. The molecule has 6 nitrogen and oxygen atoms in total. The molecule has 0 bridgehead atoms. The Morgan fingerprint density at radius 3 is 2.42 bits per heavy atom. The normalized spacial score (nSPS) is 15.2. The second kappa shape index (κ2) is 20.9. The molecule has 1 amide bonds. The molecular weight excluding hydrogens is 607 g/mol. The number of aryl methyl sites for hydroxylation is 1. The number of unbranched alkanes of at least 4 members (excludes halogenated alkanes) is 1. The maximum Gasteiger partial charge on any atom is 0.416 e. The minimum atomic E-state index is -0.430. The highest BCUT2D eigenvalue weighted by Gasteiger charge is 2.34. The number of hydrogen-bond donors (Lipinski definition) is 1. The number of carbonyl (C=O) groups excluding carboxylic acids is 1. The zero-order chi connectivity index (χ0) is 33.2. The predicted molar refractivity (Wildman–Crippen MR) is 189 cm³/mol. The molecule has 2 aromatic carbocycles. The molecule has 1 N–H and O–H groups in total. The number of hydrogen-bond acceptors (Lipinski definition) is 5. The molecule has 1 aliphatic rings. The maximum atomic E-state index is 13.6. The van der Waals surface area contributed by atoms with E-state index in [1.54, 1.807) is 37.2 Å². The zero-order valence-electron chi connectivity index (χ0n) is 27.8. The second-order valence-corrected chi connectivity index (χ2v) is 11.4. The van der Waals surface area contributed by atoms with Crippen molar-refractivity contribution in [3.63, 3.8) is 0 Å². The Bertz CT molecular complexity index is 1320. The number of ether oxygens (including phenoxy) is 3. The van der Waals surface area contributed by atoms with E-state index in [4.69, 9.17) is 37.4 Å². The van der Waals surface area contributed by atoms with Crippen LogP contribution in [-0.4, -0.2) is 51.0 Å². The van der Waals surface area contributed by atoms with E-state index < -0.39 is 6.09 Å². The van der Waals surface area contributed by atoms with E-state index in [0.29, 0.717) is 35.4 Å². The number of methoxy groups -OCH3 is 1. The summed E-state index contributed by atoms with van der Waals surface area (Å²) in [5.74, 6) is 1.20. The number of nitrogens with one attached hydrogen (secondary N) is 1. The molecule has 0 saturated heterocycles. The first-order valence-corrected chi connectivity index (χ1v) is 16.6. The average molecular weight is 658 g/mol. The number of carbonyl (C=O) groups is 1. The topological polar surface area (TPSA) is 60.0 Å². The van der Waals surface area contributed by atoms with Gasteiger partial charge in [-0.3, -0.25) is 4.90 Å². The Balaban J connectivity index is 0.00000345. The molecule has 0 aliphatic carbocycles. The van der Waals surface area contributed by atoms with Crippen LogP contribution in [0.3, 0.4) is 0 Å². The van der Waals surface area contributed by atoms with E-state index >= 15 is 0 Å². The van der Waals surface area contributed by atoms with Crippen LogP contribution in [0.5, 0.6) is 5.75 Å². The smallest absolute Gasteiger partial charge is 0.416 e. The van der Waals surface area contributed by atoms with Gasteiger partial charge < -0.3 is 19.5 Å². The fraction of sp³-hybridized carbons (Fsp3) is 0.432. The largest absolute Gasteiger partial charge is 0.494 e. The summed E-state index contributed by atoms with van der Waals surface area (Å²) >= 11 is 12.3. The number of amides is 1. The molecule has 3 rings (SSSR count). The minimum Gasteiger partial charge on any atom is -0.494 e. The van der Waals surface area contributed by atoms with Gasteiger partial charge in [0.15, 0.2) is 0 Å². The third-order valence-electron chi connectivity index (χ3n) is 7.39. The Morgan fingerprint density at radius 2 is 1.76 bits per heavy atom. The van der Waals surface area contributed by atoms with E-state index in [0.717, 1.165) is 67.0 Å². The molecule has 0 fully saturated rings. The van der Waals surface area contributed by atoms with E-state index in [2.05, 4.69) is 25.7 Å². The second-order valence-electron chi connectivity index (χ2n) is 10.5. The van der Waals surface area contributed by atoms with Crippen LogP contribution in [0.2, 0.25) is 5.02 Å². The summed E-state index contributed by atoms with van der Waals surface area (Å²) in [6.45, 7) is 17.5. The third kappa shape index (κ3) is 12.4. The van der Waals surface area contributed by atoms with Crippen molar-refractivity contribution < 1.29 is 19.0 Å². The van der Waals surface area contributed by atoms with Crippen LogP contribution in [0.25, 0.3) is 5.57 Å². The van der Waals surface area contributed by atoms with Gasteiger partial charge >= 0.3 is 6.09 Å². The van der Waals surface area contributed by atoms with Gasteiger partial charge in [-0.05, 0) is 130 Å². The number of allylic oxidation sites excluding steroid dienone is 4. The monoisotopic (exact) mass is 656 g/mol. The lowest BCUT2D eigenvalue weighted by atomic mass is 9.84. The number of halogens is 2. The van der Waals surface area contributed by atoms with E-state index in [1.807, 2.05) is 56.3 Å². The molecule has 1 aliphatic heterocycles. The van der Waals surface area contributed by atoms with Crippen molar-refractivity contribution in [2.75, 3.05) is 40.0 Å². The van der Waals surface area contributed by atoms with Crippen LogP contribution < -0.4 is 10.1 Å². The van der Waals surface area contributed by atoms with Crippen LogP contribution in [0.15, 0.2) is 83.6 Å². The van der Waals surface area contributed by atoms with Crippen LogP contribution in [0.1, 0.15) is 76.1 Å². The first-order valence-electron chi connectivity index (χ1n) is 15.8. The summed E-state index contributed by atoms with van der Waals surface area (Å²) < 4.78 is 16.9. The molecule has 8 heteroatoms. The fourth-order valence-corrected chi connectivity index (χ4v) is 5.36. The molecular formula is C37H50Cl2N2O4. The highest BCUT2D eigenvalue weighted by molar-refractivity contribution is 6.31. The summed E-state index contributed by atoms with van der Waals surface area (Å²) in [4.78, 5) is 15.3. The fourth-order valence-electron chi connectivity index (χ4n) is 5.13. The van der Waals surface area contributed by atoms with Gasteiger partial charge in [-0.1, -0.05) is 61.8 Å². The Kier molecular flexibility index (Phi) is 17.7. The lowest BCUT2D eigenvalue weighted by molar-refractivity contribution is 0.117. The lowest BCUT2D eigenvalue weighted by Gasteiger charge is -2.38. The van der Waals surface area contributed by atoms with Gasteiger partial charge in [0.05, 0.1) is 12.6 Å². The van der Waals surface area contributed by atoms with Crippen molar-refractivity contribution in [3.05, 3.63) is 105 Å². The highest BCUT2D eigenvalue weighted by atomic mass is 35.5. The third-order valence-corrected chi connectivity index (χ3v) is 7.75. The molecule has 1 unspecified atom stereocenters. The minimum absolute atomic E-state index is 0.321. The van der Waals surface area contributed by atoms with Crippen LogP contribution in [0.4, 0.5) is 4.79 Å². The van der Waals surface area contributed by atoms with Gasteiger partial charge in [0.1, 0.15) is 11.5 Å². The summed E-state index contributed by atoms with van der Waals surface area (Å²) in [5, 5.41) is 4.46. The molecule has 0 spiro atoms. The first kappa shape index (κ1) is 38.2. The molecule has 0 radical (unpaired) electrons. The van der Waals surface area contributed by atoms with Gasteiger partial charge in [0.25, 0.3) is 0 Å². The summed E-state index contributed by atoms with van der Waals surface area (Å²) in [7, 11) is 1.72. The molecule has 0 aromatic heterocycles. The molecule has 1 atom stereocenters. The molecule has 1 heterocycles. The van der Waals surface area contributed by atoms with Crippen molar-refractivity contribution in [2.24, 2.45) is 0 Å². The Labute approximate surface area is 280 Å². The van der Waals surface area contributed by atoms with E-state index in [1.165, 1.54) is 5.57 Å². The summed E-state index contributed by atoms with van der Waals surface area (Å²) in [5.41, 5.74) is 5.49. The number of rotatable bonds is 15. The summed E-state index contributed by atoms with van der Waals surface area (Å²) in [6.07, 6.45) is 8.23. The van der Waals surface area contributed by atoms with E-state index in [-0.39, 0.29) is 6.04 Å². The van der Waals surface area contributed by atoms with Crippen molar-refractivity contribution in [3.8, 4) is 5.75 Å². The lowest BCUT2D eigenvalue weighted by Crippen LogP contribution is -2.39. The SMILES string of the molecule is C=C(Cl)/C=C\C(=C/C)OC(=O)N1CCC(c2cc(Cl)ccc2C)=C(C)C1c1ccc(OCCCCNCCCOC)cc1.CC. The maximum absolute atomic E-state index is 13.6. The molecule has 45 heavy (non-hydrogen) atoms. The van der Waals surface area contributed by atoms with Gasteiger partial charge in [0, 0.05) is 30.3 Å². The quantitative estimate of drug-likeness (QED) is 0.117. The van der Waals surface area contributed by atoms with Crippen LogP contribution in [-0.2, 0) is 9.47 Å². The summed E-state index contributed by atoms with van der Waals surface area (Å²) in [6, 6.07) is 13.6. The van der Waals surface area contributed by atoms with Gasteiger partial charge in [-0.25, -0.2) is 4.79 Å².